The molecule has 4 nitrogen and oxygen atoms in total. The molecular weight excluding hydrogens is 278 g/mol. The van der Waals surface area contributed by atoms with Crippen LogP contribution in [0.2, 0.25) is 5.02 Å². The molecule has 0 spiro atoms. The van der Waals surface area contributed by atoms with Crippen LogP contribution in [0, 0.1) is 18.8 Å². The van der Waals surface area contributed by atoms with Gasteiger partial charge in [-0.15, -0.1) is 0 Å². The number of benzene rings is 1. The van der Waals surface area contributed by atoms with Gasteiger partial charge in [-0.05, 0) is 56.4 Å². The first-order chi connectivity index (χ1) is 9.47. The van der Waals surface area contributed by atoms with E-state index in [9.17, 15) is 9.59 Å². The lowest BCUT2D eigenvalue weighted by atomic mass is 9.81. The molecule has 0 aromatic heterocycles. The Hall–Kier alpha value is -1.55. The molecule has 0 bridgehead atoms. The van der Waals surface area contributed by atoms with Crippen LogP contribution in [0.5, 0.6) is 0 Å². The zero-order valence-electron chi connectivity index (χ0n) is 11.4. The second-order valence-corrected chi connectivity index (χ2v) is 5.77. The van der Waals surface area contributed by atoms with E-state index in [0.717, 1.165) is 11.3 Å². The number of anilines is 1. The molecule has 5 heteroatoms. The monoisotopic (exact) mass is 295 g/mol. The standard InChI is InChI=1S/C15H18ClNO3/c1-9-8-12(16)6-7-13(9)17-14(18)10-2-4-11(5-3-10)15(19)20/h6-8,10-11H,2-5H2,1H3,(H,17,18)(H,19,20). The first kappa shape index (κ1) is 14.9. The van der Waals surface area contributed by atoms with Crippen molar-refractivity contribution in [2.24, 2.45) is 11.8 Å². The van der Waals surface area contributed by atoms with Gasteiger partial charge in [0.15, 0.2) is 0 Å². The molecule has 0 saturated heterocycles. The van der Waals surface area contributed by atoms with E-state index in [0.29, 0.717) is 30.7 Å². The van der Waals surface area contributed by atoms with Crippen LogP contribution in [0.4, 0.5) is 5.69 Å². The van der Waals surface area contributed by atoms with Crippen molar-refractivity contribution in [2.75, 3.05) is 5.32 Å². The van der Waals surface area contributed by atoms with Crippen molar-refractivity contribution in [3.63, 3.8) is 0 Å². The number of hydrogen-bond donors (Lipinski definition) is 2. The smallest absolute Gasteiger partial charge is 0.306 e. The Bertz CT molecular complexity index is 522. The van der Waals surface area contributed by atoms with Gasteiger partial charge >= 0.3 is 5.97 Å². The Morgan fingerprint density at radius 3 is 2.35 bits per heavy atom. The average Bonchev–Trinajstić information content (AvgIpc) is 2.42. The SMILES string of the molecule is Cc1cc(Cl)ccc1NC(=O)C1CCC(C(=O)O)CC1. The number of aliphatic carboxylic acids is 1. The minimum atomic E-state index is -0.752. The van der Waals surface area contributed by atoms with Crippen LogP contribution in [0.25, 0.3) is 0 Å². The van der Waals surface area contributed by atoms with Gasteiger partial charge in [-0.3, -0.25) is 9.59 Å². The molecule has 0 aliphatic heterocycles. The Morgan fingerprint density at radius 1 is 1.20 bits per heavy atom. The van der Waals surface area contributed by atoms with Crippen molar-refractivity contribution < 1.29 is 14.7 Å². The van der Waals surface area contributed by atoms with E-state index in [4.69, 9.17) is 16.7 Å². The predicted octanol–water partition coefficient (Wildman–Crippen LogP) is 3.48. The first-order valence-electron chi connectivity index (χ1n) is 6.77. The zero-order valence-corrected chi connectivity index (χ0v) is 12.1. The third-order valence-electron chi connectivity index (χ3n) is 3.89. The molecule has 1 aliphatic carbocycles. The van der Waals surface area contributed by atoms with Crippen LogP contribution in [-0.4, -0.2) is 17.0 Å². The summed E-state index contributed by atoms with van der Waals surface area (Å²) in [6.07, 6.45) is 2.42. The molecule has 1 aromatic carbocycles. The molecule has 20 heavy (non-hydrogen) atoms. The number of hydrogen-bond acceptors (Lipinski definition) is 2. The van der Waals surface area contributed by atoms with Gasteiger partial charge in [-0.2, -0.15) is 0 Å². The summed E-state index contributed by atoms with van der Waals surface area (Å²) in [7, 11) is 0. The Morgan fingerprint density at radius 2 is 1.80 bits per heavy atom. The minimum Gasteiger partial charge on any atom is -0.481 e. The molecule has 2 N–H and O–H groups in total. The molecule has 1 aliphatic rings. The Labute approximate surface area is 123 Å². The fraction of sp³-hybridized carbons (Fsp3) is 0.467. The van der Waals surface area contributed by atoms with E-state index in [1.54, 1.807) is 18.2 Å². The first-order valence-corrected chi connectivity index (χ1v) is 7.15. The number of rotatable bonds is 3. The highest BCUT2D eigenvalue weighted by Gasteiger charge is 2.29. The maximum Gasteiger partial charge on any atom is 0.306 e. The van der Waals surface area contributed by atoms with Crippen molar-refractivity contribution in [3.05, 3.63) is 28.8 Å². The quantitative estimate of drug-likeness (QED) is 0.897. The highest BCUT2D eigenvalue weighted by molar-refractivity contribution is 6.30. The lowest BCUT2D eigenvalue weighted by Crippen LogP contribution is -2.29. The van der Waals surface area contributed by atoms with Crippen molar-refractivity contribution in [1.82, 2.24) is 0 Å². The van der Waals surface area contributed by atoms with Crippen LogP contribution in [-0.2, 0) is 9.59 Å². The summed E-state index contributed by atoms with van der Waals surface area (Å²) >= 11 is 5.88. The Balaban J connectivity index is 1.94. The van der Waals surface area contributed by atoms with Gasteiger partial charge in [0, 0.05) is 16.6 Å². The normalized spacial score (nSPS) is 22.3. The van der Waals surface area contributed by atoms with Gasteiger partial charge in [0.2, 0.25) is 5.91 Å². The van der Waals surface area contributed by atoms with Crippen LogP contribution in [0.1, 0.15) is 31.2 Å². The van der Waals surface area contributed by atoms with Crippen molar-refractivity contribution in [3.8, 4) is 0 Å². The van der Waals surface area contributed by atoms with E-state index < -0.39 is 5.97 Å². The van der Waals surface area contributed by atoms with Gasteiger partial charge in [-0.1, -0.05) is 11.6 Å². The van der Waals surface area contributed by atoms with E-state index in [2.05, 4.69) is 5.32 Å². The number of carbonyl (C=O) groups is 2. The number of amides is 1. The van der Waals surface area contributed by atoms with E-state index in [-0.39, 0.29) is 17.7 Å². The molecule has 1 fully saturated rings. The zero-order chi connectivity index (χ0) is 14.7. The molecule has 0 unspecified atom stereocenters. The molecule has 0 heterocycles. The van der Waals surface area contributed by atoms with Crippen molar-refractivity contribution in [1.29, 1.82) is 0 Å². The lowest BCUT2D eigenvalue weighted by Gasteiger charge is -2.25. The minimum absolute atomic E-state index is 0.0285. The number of carboxylic acid groups (broad SMARTS) is 1. The summed E-state index contributed by atoms with van der Waals surface area (Å²) in [6.45, 7) is 1.89. The topological polar surface area (TPSA) is 66.4 Å². The van der Waals surface area contributed by atoms with Crippen LogP contribution in [0.3, 0.4) is 0 Å². The molecule has 0 radical (unpaired) electrons. The van der Waals surface area contributed by atoms with E-state index in [1.807, 2.05) is 6.92 Å². The third-order valence-corrected chi connectivity index (χ3v) is 4.13. The van der Waals surface area contributed by atoms with Gasteiger partial charge in [0.1, 0.15) is 0 Å². The van der Waals surface area contributed by atoms with Crippen LogP contribution < -0.4 is 5.32 Å². The van der Waals surface area contributed by atoms with Gasteiger partial charge < -0.3 is 10.4 Å². The van der Waals surface area contributed by atoms with Gasteiger partial charge in [0.05, 0.1) is 5.92 Å². The van der Waals surface area contributed by atoms with Gasteiger partial charge in [-0.25, -0.2) is 0 Å². The number of carboxylic acids is 1. The number of nitrogens with one attached hydrogen (secondary N) is 1. The Kier molecular flexibility index (Phi) is 4.65. The molecule has 0 atom stereocenters. The molecular formula is C15H18ClNO3. The summed E-state index contributed by atoms with van der Waals surface area (Å²) in [6, 6.07) is 5.34. The molecule has 2 rings (SSSR count). The van der Waals surface area contributed by atoms with E-state index >= 15 is 0 Å². The van der Waals surface area contributed by atoms with E-state index in [1.165, 1.54) is 0 Å². The van der Waals surface area contributed by atoms with Gasteiger partial charge in [0.25, 0.3) is 0 Å². The summed E-state index contributed by atoms with van der Waals surface area (Å²) in [5, 5.41) is 12.5. The lowest BCUT2D eigenvalue weighted by molar-refractivity contribution is -0.143. The maximum absolute atomic E-state index is 12.2. The second-order valence-electron chi connectivity index (χ2n) is 5.34. The number of carbonyl (C=O) groups excluding carboxylic acids is 1. The van der Waals surface area contributed by atoms with Crippen molar-refractivity contribution in [2.45, 2.75) is 32.6 Å². The second kappa shape index (κ2) is 6.27. The summed E-state index contributed by atoms with van der Waals surface area (Å²) in [5.41, 5.74) is 1.69. The fourth-order valence-corrected chi connectivity index (χ4v) is 2.83. The summed E-state index contributed by atoms with van der Waals surface area (Å²) in [5.74, 6) is -1.17. The average molecular weight is 296 g/mol. The van der Waals surface area contributed by atoms with Crippen LogP contribution in [0.15, 0.2) is 18.2 Å². The number of halogens is 1. The predicted molar refractivity (Wildman–Crippen MR) is 77.9 cm³/mol. The highest BCUT2D eigenvalue weighted by Crippen LogP contribution is 2.30. The van der Waals surface area contributed by atoms with Crippen LogP contribution >= 0.6 is 11.6 Å². The highest BCUT2D eigenvalue weighted by atomic mass is 35.5. The largest absolute Gasteiger partial charge is 0.481 e. The summed E-state index contributed by atoms with van der Waals surface area (Å²) < 4.78 is 0. The number of aryl methyl sites for hydroxylation is 1. The fourth-order valence-electron chi connectivity index (χ4n) is 2.60. The maximum atomic E-state index is 12.2. The molecule has 1 saturated carbocycles. The van der Waals surface area contributed by atoms with Crippen molar-refractivity contribution >= 4 is 29.2 Å². The summed E-state index contributed by atoms with van der Waals surface area (Å²) in [4.78, 5) is 23.1. The molecule has 108 valence electrons. The third kappa shape index (κ3) is 3.51. The molecule has 1 aromatic rings. The molecule has 1 amide bonds.